The standard InChI is InChI=1S/C12H15FN2O2/c13-11-6-10(7-12(8-11)15(16)17)9-14-4-2-1-3-5-14/h6-8H,1-5,9H2. The van der Waals surface area contributed by atoms with Crippen molar-refractivity contribution in [3.8, 4) is 0 Å². The third-order valence-electron chi connectivity index (χ3n) is 3.01. The minimum Gasteiger partial charge on any atom is -0.299 e. The highest BCUT2D eigenvalue weighted by Gasteiger charge is 2.14. The van der Waals surface area contributed by atoms with Crippen LogP contribution in [0.4, 0.5) is 10.1 Å². The molecular weight excluding hydrogens is 223 g/mol. The second kappa shape index (κ2) is 5.23. The normalized spacial score (nSPS) is 17.0. The Hall–Kier alpha value is -1.49. The van der Waals surface area contributed by atoms with E-state index in [9.17, 15) is 14.5 Å². The average Bonchev–Trinajstić information content (AvgIpc) is 2.29. The number of likely N-dealkylation sites (tertiary alicyclic amines) is 1. The zero-order chi connectivity index (χ0) is 12.3. The van der Waals surface area contributed by atoms with Crippen LogP contribution >= 0.6 is 0 Å². The number of nitro groups is 1. The summed E-state index contributed by atoms with van der Waals surface area (Å²) in [5, 5.41) is 10.6. The summed E-state index contributed by atoms with van der Waals surface area (Å²) >= 11 is 0. The highest BCUT2D eigenvalue weighted by Crippen LogP contribution is 2.19. The number of hydrogen-bond acceptors (Lipinski definition) is 3. The van der Waals surface area contributed by atoms with Gasteiger partial charge in [0.2, 0.25) is 0 Å². The van der Waals surface area contributed by atoms with Gasteiger partial charge in [-0.05, 0) is 37.6 Å². The van der Waals surface area contributed by atoms with E-state index in [0.29, 0.717) is 12.1 Å². The molecule has 1 fully saturated rings. The molecule has 0 spiro atoms. The maximum atomic E-state index is 13.2. The monoisotopic (exact) mass is 238 g/mol. The molecule has 1 aromatic carbocycles. The highest BCUT2D eigenvalue weighted by molar-refractivity contribution is 5.35. The Bertz CT molecular complexity index is 417. The zero-order valence-corrected chi connectivity index (χ0v) is 9.56. The maximum absolute atomic E-state index is 13.2. The van der Waals surface area contributed by atoms with Crippen molar-refractivity contribution in [2.45, 2.75) is 25.8 Å². The quantitative estimate of drug-likeness (QED) is 0.600. The first-order valence-corrected chi connectivity index (χ1v) is 5.81. The molecule has 4 nitrogen and oxygen atoms in total. The lowest BCUT2D eigenvalue weighted by atomic mass is 10.1. The van der Waals surface area contributed by atoms with Crippen LogP contribution in [-0.2, 0) is 6.54 Å². The summed E-state index contributed by atoms with van der Waals surface area (Å²) in [6.45, 7) is 2.58. The van der Waals surface area contributed by atoms with E-state index in [1.807, 2.05) is 0 Å². The number of benzene rings is 1. The molecule has 17 heavy (non-hydrogen) atoms. The Morgan fingerprint density at radius 2 is 1.94 bits per heavy atom. The van der Waals surface area contributed by atoms with Crippen molar-refractivity contribution >= 4 is 5.69 Å². The van der Waals surface area contributed by atoms with Crippen molar-refractivity contribution in [3.63, 3.8) is 0 Å². The molecular formula is C12H15FN2O2. The fourth-order valence-corrected chi connectivity index (χ4v) is 2.21. The van der Waals surface area contributed by atoms with Gasteiger partial charge in [-0.3, -0.25) is 15.0 Å². The Labute approximate surface area is 99.2 Å². The third kappa shape index (κ3) is 3.23. The van der Waals surface area contributed by atoms with Crippen molar-refractivity contribution in [2.24, 2.45) is 0 Å². The fourth-order valence-electron chi connectivity index (χ4n) is 2.21. The van der Waals surface area contributed by atoms with E-state index < -0.39 is 10.7 Å². The van der Waals surface area contributed by atoms with Crippen LogP contribution in [0.1, 0.15) is 24.8 Å². The van der Waals surface area contributed by atoms with E-state index in [1.165, 1.54) is 18.6 Å². The first-order valence-electron chi connectivity index (χ1n) is 5.81. The molecule has 2 rings (SSSR count). The molecule has 1 heterocycles. The first kappa shape index (κ1) is 12.0. The van der Waals surface area contributed by atoms with Crippen LogP contribution in [0.5, 0.6) is 0 Å². The number of hydrogen-bond donors (Lipinski definition) is 0. The average molecular weight is 238 g/mol. The number of nitrogens with zero attached hydrogens (tertiary/aromatic N) is 2. The molecule has 0 amide bonds. The van der Waals surface area contributed by atoms with E-state index in [2.05, 4.69) is 4.90 Å². The fraction of sp³-hybridized carbons (Fsp3) is 0.500. The van der Waals surface area contributed by atoms with Crippen LogP contribution in [0.15, 0.2) is 18.2 Å². The molecule has 1 aliphatic heterocycles. The molecule has 5 heteroatoms. The molecule has 92 valence electrons. The molecule has 1 aliphatic rings. The summed E-state index contributed by atoms with van der Waals surface area (Å²) in [6.07, 6.45) is 3.54. The predicted octanol–water partition coefficient (Wildman–Crippen LogP) is 2.72. The second-order valence-corrected chi connectivity index (χ2v) is 4.41. The van der Waals surface area contributed by atoms with Crippen LogP contribution in [-0.4, -0.2) is 22.9 Å². The topological polar surface area (TPSA) is 46.4 Å². The third-order valence-corrected chi connectivity index (χ3v) is 3.01. The number of halogens is 1. The number of nitro benzene ring substituents is 1. The lowest BCUT2D eigenvalue weighted by Gasteiger charge is -2.26. The smallest absolute Gasteiger partial charge is 0.272 e. The molecule has 0 aliphatic carbocycles. The van der Waals surface area contributed by atoms with Gasteiger partial charge in [-0.2, -0.15) is 0 Å². The van der Waals surface area contributed by atoms with Gasteiger partial charge in [0, 0.05) is 12.6 Å². The maximum Gasteiger partial charge on any atom is 0.272 e. The Morgan fingerprint density at radius 3 is 2.59 bits per heavy atom. The summed E-state index contributed by atoms with van der Waals surface area (Å²) in [4.78, 5) is 12.3. The molecule has 0 unspecified atom stereocenters. The van der Waals surface area contributed by atoms with Crippen LogP contribution in [0, 0.1) is 15.9 Å². The zero-order valence-electron chi connectivity index (χ0n) is 9.56. The first-order chi connectivity index (χ1) is 8.15. The molecule has 0 aromatic heterocycles. The Kier molecular flexibility index (Phi) is 3.68. The van der Waals surface area contributed by atoms with Crippen molar-refractivity contribution in [2.75, 3.05) is 13.1 Å². The van der Waals surface area contributed by atoms with E-state index in [1.54, 1.807) is 0 Å². The van der Waals surface area contributed by atoms with Crippen molar-refractivity contribution < 1.29 is 9.31 Å². The lowest BCUT2D eigenvalue weighted by molar-refractivity contribution is -0.385. The number of non-ortho nitro benzene ring substituents is 1. The van der Waals surface area contributed by atoms with Gasteiger partial charge in [0.05, 0.1) is 11.0 Å². The minimum absolute atomic E-state index is 0.169. The van der Waals surface area contributed by atoms with Crippen LogP contribution in [0.2, 0.25) is 0 Å². The van der Waals surface area contributed by atoms with E-state index >= 15 is 0 Å². The van der Waals surface area contributed by atoms with E-state index in [0.717, 1.165) is 32.0 Å². The van der Waals surface area contributed by atoms with Gasteiger partial charge in [0.25, 0.3) is 5.69 Å². The lowest BCUT2D eigenvalue weighted by Crippen LogP contribution is -2.29. The molecule has 1 saturated heterocycles. The largest absolute Gasteiger partial charge is 0.299 e. The van der Waals surface area contributed by atoms with E-state index in [-0.39, 0.29) is 5.69 Å². The van der Waals surface area contributed by atoms with Crippen molar-refractivity contribution in [1.82, 2.24) is 4.90 Å². The molecule has 0 N–H and O–H groups in total. The van der Waals surface area contributed by atoms with Gasteiger partial charge < -0.3 is 0 Å². The van der Waals surface area contributed by atoms with Gasteiger partial charge in [-0.15, -0.1) is 0 Å². The predicted molar refractivity (Wildman–Crippen MR) is 62.2 cm³/mol. The van der Waals surface area contributed by atoms with Crippen molar-refractivity contribution in [1.29, 1.82) is 0 Å². The minimum atomic E-state index is -0.553. The van der Waals surface area contributed by atoms with Gasteiger partial charge in [-0.1, -0.05) is 6.42 Å². The van der Waals surface area contributed by atoms with E-state index in [4.69, 9.17) is 0 Å². The Balaban J connectivity index is 2.11. The summed E-state index contributed by atoms with van der Waals surface area (Å²) in [5.74, 6) is -0.536. The second-order valence-electron chi connectivity index (χ2n) is 4.41. The van der Waals surface area contributed by atoms with Gasteiger partial charge in [-0.25, -0.2) is 4.39 Å². The summed E-state index contributed by atoms with van der Waals surface area (Å²) in [6, 6.07) is 3.79. The van der Waals surface area contributed by atoms with Gasteiger partial charge >= 0.3 is 0 Å². The molecule has 0 atom stereocenters. The highest BCUT2D eigenvalue weighted by atomic mass is 19.1. The van der Waals surface area contributed by atoms with Crippen LogP contribution < -0.4 is 0 Å². The summed E-state index contributed by atoms with van der Waals surface area (Å²) in [5.41, 5.74) is 0.510. The Morgan fingerprint density at radius 1 is 1.24 bits per heavy atom. The number of rotatable bonds is 3. The summed E-state index contributed by atoms with van der Waals surface area (Å²) in [7, 11) is 0. The van der Waals surface area contributed by atoms with Gasteiger partial charge in [0.15, 0.2) is 0 Å². The molecule has 0 saturated carbocycles. The molecule has 1 aromatic rings. The van der Waals surface area contributed by atoms with Gasteiger partial charge in [0.1, 0.15) is 5.82 Å². The van der Waals surface area contributed by atoms with Crippen LogP contribution in [0.25, 0.3) is 0 Å². The number of piperidine rings is 1. The summed E-state index contributed by atoms with van der Waals surface area (Å²) < 4.78 is 13.2. The van der Waals surface area contributed by atoms with Crippen molar-refractivity contribution in [3.05, 3.63) is 39.7 Å². The molecule has 0 bridgehead atoms. The SMILES string of the molecule is O=[N+]([O-])c1cc(F)cc(CN2CCCCC2)c1. The molecule has 0 radical (unpaired) electrons. The van der Waals surface area contributed by atoms with Crippen LogP contribution in [0.3, 0.4) is 0 Å².